The lowest BCUT2D eigenvalue weighted by molar-refractivity contribution is -0.144. The molecule has 1 N–H and O–H groups in total. The zero-order chi connectivity index (χ0) is 27.9. The Morgan fingerprint density at radius 3 is 2.21 bits per heavy atom. The van der Waals surface area contributed by atoms with E-state index < -0.39 is 6.04 Å². The lowest BCUT2D eigenvalue weighted by atomic mass is 9.85. The predicted molar refractivity (Wildman–Crippen MR) is 150 cm³/mol. The summed E-state index contributed by atoms with van der Waals surface area (Å²) in [5.41, 5.74) is 2.93. The van der Waals surface area contributed by atoms with Crippen molar-refractivity contribution in [3.63, 3.8) is 0 Å². The van der Waals surface area contributed by atoms with Gasteiger partial charge in [-0.15, -0.1) is 0 Å². The van der Waals surface area contributed by atoms with E-state index in [0.29, 0.717) is 25.8 Å². The molecule has 1 unspecified atom stereocenters. The largest absolute Gasteiger partial charge is 0.354 e. The molecule has 2 aliphatic rings. The Hall–Kier alpha value is -3.74. The van der Waals surface area contributed by atoms with Gasteiger partial charge < -0.3 is 10.2 Å². The summed E-state index contributed by atoms with van der Waals surface area (Å²) in [7, 11) is 0. The van der Waals surface area contributed by atoms with Crippen LogP contribution in [0.15, 0.2) is 66.7 Å². The lowest BCUT2D eigenvalue weighted by Crippen LogP contribution is -2.51. The molecule has 4 rings (SSSR count). The average Bonchev–Trinajstić information content (AvgIpc) is 3.17. The molecular formula is C32H39N3O4. The van der Waals surface area contributed by atoms with Crippen molar-refractivity contribution >= 4 is 23.6 Å². The first-order valence-corrected chi connectivity index (χ1v) is 13.9. The monoisotopic (exact) mass is 529 g/mol. The topological polar surface area (TPSA) is 86.8 Å². The second-order valence-corrected chi connectivity index (χ2v) is 11.1. The van der Waals surface area contributed by atoms with Crippen molar-refractivity contribution in [1.29, 1.82) is 0 Å². The van der Waals surface area contributed by atoms with Gasteiger partial charge in [0.2, 0.25) is 23.6 Å². The summed E-state index contributed by atoms with van der Waals surface area (Å²) >= 11 is 0. The van der Waals surface area contributed by atoms with E-state index in [4.69, 9.17) is 0 Å². The molecule has 1 aliphatic heterocycles. The molecule has 4 amide bonds. The van der Waals surface area contributed by atoms with E-state index in [2.05, 4.69) is 5.32 Å². The van der Waals surface area contributed by atoms with Gasteiger partial charge in [0.1, 0.15) is 6.04 Å². The van der Waals surface area contributed by atoms with Gasteiger partial charge in [-0.1, -0.05) is 86.2 Å². The van der Waals surface area contributed by atoms with Crippen LogP contribution in [-0.2, 0) is 32.1 Å². The smallest absolute Gasteiger partial charge is 0.243 e. The van der Waals surface area contributed by atoms with Crippen molar-refractivity contribution in [2.45, 2.75) is 59.0 Å². The Kier molecular flexibility index (Phi) is 9.33. The van der Waals surface area contributed by atoms with Crippen molar-refractivity contribution < 1.29 is 19.2 Å². The van der Waals surface area contributed by atoms with Gasteiger partial charge in [0.25, 0.3) is 0 Å². The molecule has 2 aromatic carbocycles. The minimum atomic E-state index is -0.740. The van der Waals surface area contributed by atoms with Crippen LogP contribution in [0.25, 0.3) is 0 Å². The standard InChI is InChI=1S/C32H39N3O4/c1-22(2)20-33-30(37)28(19-24-11-5-4-6-12-24)35(21-25-13-9-10-23(3)18-25)29(36)16-17-34-31(38)26-14-7-8-15-27(26)32(34)39/h4-13,18,22,26-28H,14-17,19-21H2,1-3H3,(H,33,37)/t26-,27+,28?. The molecule has 0 spiro atoms. The maximum absolute atomic E-state index is 13.9. The molecule has 206 valence electrons. The number of benzene rings is 2. The number of likely N-dealkylation sites (tertiary alicyclic amines) is 1. The van der Waals surface area contributed by atoms with Gasteiger partial charge in [0.15, 0.2) is 0 Å². The fourth-order valence-electron chi connectivity index (χ4n) is 5.42. The van der Waals surface area contributed by atoms with Crippen LogP contribution in [0.1, 0.15) is 49.8 Å². The molecule has 1 aliphatic carbocycles. The summed E-state index contributed by atoms with van der Waals surface area (Å²) in [5, 5.41) is 3.02. The van der Waals surface area contributed by atoms with E-state index in [-0.39, 0.29) is 60.9 Å². The Labute approximate surface area is 231 Å². The van der Waals surface area contributed by atoms with E-state index in [0.717, 1.165) is 16.7 Å². The highest BCUT2D eigenvalue weighted by Gasteiger charge is 2.47. The number of carbonyl (C=O) groups excluding carboxylic acids is 4. The normalized spacial score (nSPS) is 19.2. The quantitative estimate of drug-likeness (QED) is 0.352. The molecule has 7 heteroatoms. The molecule has 0 saturated carbocycles. The molecule has 7 nitrogen and oxygen atoms in total. The van der Waals surface area contributed by atoms with Crippen LogP contribution in [0, 0.1) is 24.7 Å². The number of amides is 4. The third-order valence-electron chi connectivity index (χ3n) is 7.54. The van der Waals surface area contributed by atoms with E-state index in [1.807, 2.05) is 87.5 Å². The number of hydrogen-bond acceptors (Lipinski definition) is 4. The molecule has 3 atom stereocenters. The van der Waals surface area contributed by atoms with Crippen molar-refractivity contribution in [3.05, 3.63) is 83.4 Å². The molecule has 1 fully saturated rings. The summed E-state index contributed by atoms with van der Waals surface area (Å²) in [5.74, 6) is -1.24. The first-order chi connectivity index (χ1) is 18.7. The van der Waals surface area contributed by atoms with Gasteiger partial charge in [-0.05, 0) is 36.8 Å². The Morgan fingerprint density at radius 2 is 1.59 bits per heavy atom. The van der Waals surface area contributed by atoms with Crippen LogP contribution < -0.4 is 5.32 Å². The zero-order valence-electron chi connectivity index (χ0n) is 23.1. The third-order valence-corrected chi connectivity index (χ3v) is 7.54. The Morgan fingerprint density at radius 1 is 0.949 bits per heavy atom. The minimum Gasteiger partial charge on any atom is -0.354 e. The number of aryl methyl sites for hydroxylation is 1. The molecule has 1 saturated heterocycles. The van der Waals surface area contributed by atoms with Gasteiger partial charge >= 0.3 is 0 Å². The van der Waals surface area contributed by atoms with Gasteiger partial charge in [-0.2, -0.15) is 0 Å². The first-order valence-electron chi connectivity index (χ1n) is 13.9. The van der Waals surface area contributed by atoms with Crippen LogP contribution in [0.4, 0.5) is 0 Å². The number of nitrogens with zero attached hydrogens (tertiary/aromatic N) is 2. The molecule has 0 radical (unpaired) electrons. The molecule has 2 aromatic rings. The highest BCUT2D eigenvalue weighted by molar-refractivity contribution is 6.05. The minimum absolute atomic E-state index is 0.0273. The van der Waals surface area contributed by atoms with Crippen LogP contribution in [0.5, 0.6) is 0 Å². The van der Waals surface area contributed by atoms with Gasteiger partial charge in [-0.25, -0.2) is 0 Å². The average molecular weight is 530 g/mol. The number of nitrogens with one attached hydrogen (secondary N) is 1. The number of carbonyl (C=O) groups is 4. The second-order valence-electron chi connectivity index (χ2n) is 11.1. The molecule has 1 heterocycles. The van der Waals surface area contributed by atoms with Gasteiger partial charge in [0.05, 0.1) is 11.8 Å². The summed E-state index contributed by atoms with van der Waals surface area (Å²) in [6.07, 6.45) is 5.37. The van der Waals surface area contributed by atoms with Gasteiger partial charge in [-0.3, -0.25) is 24.1 Å². The maximum Gasteiger partial charge on any atom is 0.243 e. The van der Waals surface area contributed by atoms with E-state index in [1.54, 1.807) is 4.90 Å². The van der Waals surface area contributed by atoms with Crippen LogP contribution in [-0.4, -0.2) is 52.6 Å². The highest BCUT2D eigenvalue weighted by atomic mass is 16.2. The summed E-state index contributed by atoms with van der Waals surface area (Å²) in [6, 6.07) is 16.8. The number of rotatable bonds is 11. The molecule has 0 bridgehead atoms. The van der Waals surface area contributed by atoms with E-state index >= 15 is 0 Å². The predicted octanol–water partition coefficient (Wildman–Crippen LogP) is 4.05. The van der Waals surface area contributed by atoms with Crippen molar-refractivity contribution in [2.75, 3.05) is 13.1 Å². The van der Waals surface area contributed by atoms with Crippen molar-refractivity contribution in [2.24, 2.45) is 17.8 Å². The summed E-state index contributed by atoms with van der Waals surface area (Å²) in [4.78, 5) is 56.3. The molecule has 39 heavy (non-hydrogen) atoms. The third kappa shape index (κ3) is 7.02. The van der Waals surface area contributed by atoms with Crippen LogP contribution in [0.2, 0.25) is 0 Å². The SMILES string of the molecule is Cc1cccc(CN(C(=O)CCN2C(=O)[C@H]3CC=CC[C@H]3C2=O)C(Cc2ccccc2)C(=O)NCC(C)C)c1. The van der Waals surface area contributed by atoms with Crippen LogP contribution in [0.3, 0.4) is 0 Å². The van der Waals surface area contributed by atoms with Crippen LogP contribution >= 0.6 is 0 Å². The number of allylic oxidation sites excluding steroid dienone is 2. The summed E-state index contributed by atoms with van der Waals surface area (Å²) in [6.45, 7) is 6.83. The number of fused-ring (bicyclic) bond motifs is 1. The fraction of sp³-hybridized carbons (Fsp3) is 0.438. The number of imide groups is 1. The van der Waals surface area contributed by atoms with Gasteiger partial charge in [0, 0.05) is 32.5 Å². The van der Waals surface area contributed by atoms with Crippen molar-refractivity contribution in [1.82, 2.24) is 15.1 Å². The highest BCUT2D eigenvalue weighted by Crippen LogP contribution is 2.35. The molecular weight excluding hydrogens is 490 g/mol. The van der Waals surface area contributed by atoms with E-state index in [9.17, 15) is 19.2 Å². The number of hydrogen-bond donors (Lipinski definition) is 1. The second kappa shape index (κ2) is 12.9. The zero-order valence-corrected chi connectivity index (χ0v) is 23.1. The fourth-order valence-corrected chi connectivity index (χ4v) is 5.42. The first kappa shape index (κ1) is 28.3. The maximum atomic E-state index is 13.9. The molecule has 0 aromatic heterocycles. The Balaban J connectivity index is 1.58. The van der Waals surface area contributed by atoms with Crippen molar-refractivity contribution in [3.8, 4) is 0 Å². The summed E-state index contributed by atoms with van der Waals surface area (Å²) < 4.78 is 0. The van der Waals surface area contributed by atoms with E-state index in [1.165, 1.54) is 4.90 Å². The Bertz CT molecular complexity index is 1200. The lowest BCUT2D eigenvalue weighted by Gasteiger charge is -2.32.